The first-order valence-electron chi connectivity index (χ1n) is 8.03. The van der Waals surface area contributed by atoms with Gasteiger partial charge in [-0.2, -0.15) is 13.2 Å². The molecule has 1 saturated carbocycles. The Hall–Kier alpha value is -1.99. The van der Waals surface area contributed by atoms with Crippen LogP contribution in [0, 0.1) is 0 Å². The summed E-state index contributed by atoms with van der Waals surface area (Å²) in [6.07, 6.45) is 1.79. The number of nitrogens with zero attached hydrogens (tertiary/aromatic N) is 1. The second kappa shape index (κ2) is 7.72. The average molecular weight is 345 g/mol. The summed E-state index contributed by atoms with van der Waals surface area (Å²) in [5.41, 5.74) is -0.0336. The zero-order valence-electron chi connectivity index (χ0n) is 13.5. The Balaban J connectivity index is 1.85. The minimum absolute atomic E-state index is 0.0336. The SMILES string of the molecule is Cn1ccc(C(NC(=O)CCC(=O)NC2CCCC2)C(F)(F)F)c1. The summed E-state index contributed by atoms with van der Waals surface area (Å²) in [4.78, 5) is 23.6. The molecule has 0 spiro atoms. The smallest absolute Gasteiger partial charge is 0.357 e. The molecule has 1 aliphatic rings. The van der Waals surface area contributed by atoms with Gasteiger partial charge >= 0.3 is 6.18 Å². The van der Waals surface area contributed by atoms with Crippen LogP contribution in [0.1, 0.15) is 50.1 Å². The molecule has 2 rings (SSSR count). The van der Waals surface area contributed by atoms with Gasteiger partial charge in [0.1, 0.15) is 0 Å². The van der Waals surface area contributed by atoms with Gasteiger partial charge in [-0.15, -0.1) is 0 Å². The van der Waals surface area contributed by atoms with E-state index in [1.165, 1.54) is 23.0 Å². The van der Waals surface area contributed by atoms with Gasteiger partial charge in [0.25, 0.3) is 0 Å². The van der Waals surface area contributed by atoms with Gasteiger partial charge in [-0.3, -0.25) is 9.59 Å². The zero-order valence-corrected chi connectivity index (χ0v) is 13.5. The van der Waals surface area contributed by atoms with Crippen LogP contribution >= 0.6 is 0 Å². The number of alkyl halides is 3. The first-order valence-corrected chi connectivity index (χ1v) is 8.03. The third kappa shape index (κ3) is 5.28. The van der Waals surface area contributed by atoms with Crippen LogP contribution in [0.3, 0.4) is 0 Å². The van der Waals surface area contributed by atoms with Crippen molar-refractivity contribution in [1.82, 2.24) is 15.2 Å². The fourth-order valence-electron chi connectivity index (χ4n) is 2.88. The number of hydrogen-bond acceptors (Lipinski definition) is 2. The van der Waals surface area contributed by atoms with Crippen LogP contribution in [0.15, 0.2) is 18.5 Å². The third-order valence-electron chi connectivity index (χ3n) is 4.12. The first-order chi connectivity index (χ1) is 11.3. The minimum atomic E-state index is -4.59. The fraction of sp³-hybridized carbons (Fsp3) is 0.625. The van der Waals surface area contributed by atoms with Gasteiger partial charge in [-0.1, -0.05) is 12.8 Å². The van der Waals surface area contributed by atoms with E-state index < -0.39 is 18.1 Å². The Morgan fingerprint density at radius 2 is 1.88 bits per heavy atom. The Morgan fingerprint density at radius 3 is 2.42 bits per heavy atom. The molecule has 2 amide bonds. The second-order valence-corrected chi connectivity index (χ2v) is 6.20. The van der Waals surface area contributed by atoms with Gasteiger partial charge in [0.2, 0.25) is 11.8 Å². The Bertz CT molecular complexity index is 577. The van der Waals surface area contributed by atoms with Crippen LogP contribution in [0.5, 0.6) is 0 Å². The summed E-state index contributed by atoms with van der Waals surface area (Å²) in [5, 5.41) is 4.79. The van der Waals surface area contributed by atoms with Crippen molar-refractivity contribution in [3.8, 4) is 0 Å². The maximum atomic E-state index is 13.1. The summed E-state index contributed by atoms with van der Waals surface area (Å²) in [7, 11) is 1.60. The fourth-order valence-corrected chi connectivity index (χ4v) is 2.88. The van der Waals surface area contributed by atoms with E-state index in [1.54, 1.807) is 7.05 Å². The lowest BCUT2D eigenvalue weighted by Gasteiger charge is -2.21. The highest BCUT2D eigenvalue weighted by molar-refractivity contribution is 5.84. The van der Waals surface area contributed by atoms with Crippen molar-refractivity contribution in [2.45, 2.75) is 56.8 Å². The standard InChI is InChI=1S/C16H22F3N3O2/c1-22-9-8-11(10-22)15(16(17,18)19)21-14(24)7-6-13(23)20-12-4-2-3-5-12/h8-10,12,15H,2-7H2,1H3,(H,20,23)(H,21,24). The summed E-state index contributed by atoms with van der Waals surface area (Å²) in [6.45, 7) is 0. The number of hydrogen-bond donors (Lipinski definition) is 2. The van der Waals surface area contributed by atoms with E-state index in [0.29, 0.717) is 0 Å². The molecule has 0 aromatic carbocycles. The molecule has 8 heteroatoms. The van der Waals surface area contributed by atoms with Gasteiger partial charge in [0.05, 0.1) is 0 Å². The number of nitrogens with one attached hydrogen (secondary N) is 2. The second-order valence-electron chi connectivity index (χ2n) is 6.20. The Morgan fingerprint density at radius 1 is 1.25 bits per heavy atom. The monoisotopic (exact) mass is 345 g/mol. The summed E-state index contributed by atoms with van der Waals surface area (Å²) in [5.74, 6) is -1.08. The lowest BCUT2D eigenvalue weighted by Crippen LogP contribution is -2.39. The summed E-state index contributed by atoms with van der Waals surface area (Å²) >= 11 is 0. The average Bonchev–Trinajstić information content (AvgIpc) is 3.13. The number of aromatic nitrogens is 1. The maximum Gasteiger partial charge on any atom is 0.412 e. The molecule has 1 heterocycles. The van der Waals surface area contributed by atoms with E-state index in [4.69, 9.17) is 0 Å². The van der Waals surface area contributed by atoms with Crippen molar-refractivity contribution in [3.05, 3.63) is 24.0 Å². The molecular formula is C16H22F3N3O2. The minimum Gasteiger partial charge on any atom is -0.357 e. The number of carbonyl (C=O) groups is 2. The normalized spacial score (nSPS) is 16.8. The molecular weight excluding hydrogens is 323 g/mol. The number of halogens is 3. The first kappa shape index (κ1) is 18.4. The Labute approximate surface area is 138 Å². The van der Waals surface area contributed by atoms with Crippen molar-refractivity contribution in [1.29, 1.82) is 0 Å². The number of aryl methyl sites for hydroxylation is 1. The molecule has 0 bridgehead atoms. The molecule has 134 valence electrons. The Kier molecular flexibility index (Phi) is 5.90. The zero-order chi connectivity index (χ0) is 17.7. The van der Waals surface area contributed by atoms with Gasteiger partial charge in [0.15, 0.2) is 6.04 Å². The van der Waals surface area contributed by atoms with Crippen molar-refractivity contribution in [3.63, 3.8) is 0 Å². The van der Waals surface area contributed by atoms with Crippen molar-refractivity contribution >= 4 is 11.8 Å². The van der Waals surface area contributed by atoms with Crippen LogP contribution in [-0.4, -0.2) is 28.6 Å². The van der Waals surface area contributed by atoms with E-state index >= 15 is 0 Å². The predicted molar refractivity (Wildman–Crippen MR) is 82.0 cm³/mol. The molecule has 1 atom stereocenters. The van der Waals surface area contributed by atoms with Crippen LogP contribution in [0.2, 0.25) is 0 Å². The van der Waals surface area contributed by atoms with E-state index in [1.807, 2.05) is 5.32 Å². The highest BCUT2D eigenvalue weighted by atomic mass is 19.4. The summed E-state index contributed by atoms with van der Waals surface area (Å²) in [6, 6.07) is -0.623. The van der Waals surface area contributed by atoms with Crippen molar-refractivity contribution in [2.24, 2.45) is 7.05 Å². The molecule has 0 radical (unpaired) electrons. The molecule has 1 aromatic heterocycles. The van der Waals surface area contributed by atoms with E-state index in [9.17, 15) is 22.8 Å². The molecule has 1 aliphatic carbocycles. The van der Waals surface area contributed by atoms with Gasteiger partial charge < -0.3 is 15.2 Å². The van der Waals surface area contributed by atoms with E-state index in [-0.39, 0.29) is 30.4 Å². The van der Waals surface area contributed by atoms with Gasteiger partial charge in [0, 0.05) is 43.9 Å². The van der Waals surface area contributed by atoms with Crippen LogP contribution in [0.4, 0.5) is 13.2 Å². The van der Waals surface area contributed by atoms with Gasteiger partial charge in [-0.05, 0) is 18.9 Å². The largest absolute Gasteiger partial charge is 0.412 e. The van der Waals surface area contributed by atoms with E-state index in [0.717, 1.165) is 25.7 Å². The highest BCUT2D eigenvalue weighted by Crippen LogP contribution is 2.32. The number of rotatable bonds is 6. The van der Waals surface area contributed by atoms with Crippen LogP contribution in [-0.2, 0) is 16.6 Å². The molecule has 0 aliphatic heterocycles. The number of amides is 2. The molecule has 24 heavy (non-hydrogen) atoms. The molecule has 2 N–H and O–H groups in total. The molecule has 1 unspecified atom stereocenters. The topological polar surface area (TPSA) is 63.1 Å². The highest BCUT2D eigenvalue weighted by Gasteiger charge is 2.42. The molecule has 1 fully saturated rings. The van der Waals surface area contributed by atoms with Crippen LogP contribution in [0.25, 0.3) is 0 Å². The molecule has 0 saturated heterocycles. The van der Waals surface area contributed by atoms with Gasteiger partial charge in [-0.25, -0.2) is 0 Å². The lowest BCUT2D eigenvalue weighted by molar-refractivity contribution is -0.163. The quantitative estimate of drug-likeness (QED) is 0.832. The van der Waals surface area contributed by atoms with E-state index in [2.05, 4.69) is 5.32 Å². The molecule has 1 aromatic rings. The molecule has 5 nitrogen and oxygen atoms in total. The lowest BCUT2D eigenvalue weighted by atomic mass is 10.1. The van der Waals surface area contributed by atoms with Crippen molar-refractivity contribution < 1.29 is 22.8 Å². The van der Waals surface area contributed by atoms with Crippen molar-refractivity contribution in [2.75, 3.05) is 0 Å². The van der Waals surface area contributed by atoms with Crippen LogP contribution < -0.4 is 10.6 Å². The maximum absolute atomic E-state index is 13.1. The third-order valence-corrected chi connectivity index (χ3v) is 4.12. The summed E-state index contributed by atoms with van der Waals surface area (Å²) < 4.78 is 40.9. The number of carbonyl (C=O) groups excluding carboxylic acids is 2. The predicted octanol–water partition coefficient (Wildman–Crippen LogP) is 2.58.